The van der Waals surface area contributed by atoms with Crippen LogP contribution in [-0.2, 0) is 4.74 Å². The summed E-state index contributed by atoms with van der Waals surface area (Å²) in [5, 5.41) is 3.59. The number of hydrogen-bond acceptors (Lipinski definition) is 3. The van der Waals surface area contributed by atoms with Gasteiger partial charge in [0.15, 0.2) is 5.96 Å². The van der Waals surface area contributed by atoms with Crippen molar-refractivity contribution in [1.29, 1.82) is 0 Å². The van der Waals surface area contributed by atoms with Crippen LogP contribution in [0.1, 0.15) is 45.4 Å². The highest BCUT2D eigenvalue weighted by molar-refractivity contribution is 5.79. The standard InChI is InChI=1S/C18H34N4O/c1-3-23-17-8-11-21(12-9-17)18(19-2)20-10-13-22(16-6-7-16)14-15-4-5-15/h15-17H,3-14H2,1-2H3,(H,19,20). The zero-order valence-electron chi connectivity index (χ0n) is 15.0. The van der Waals surface area contributed by atoms with Crippen LogP contribution >= 0.6 is 0 Å². The predicted octanol–water partition coefficient (Wildman–Crippen LogP) is 1.94. The molecule has 0 amide bonds. The normalized spacial score (nSPS) is 23.6. The molecule has 3 rings (SSSR count). The van der Waals surface area contributed by atoms with Crippen LogP contribution in [-0.4, -0.2) is 74.3 Å². The molecule has 1 saturated heterocycles. The van der Waals surface area contributed by atoms with E-state index in [1.54, 1.807) is 0 Å². The van der Waals surface area contributed by atoms with Crippen LogP contribution in [0.4, 0.5) is 0 Å². The van der Waals surface area contributed by atoms with Crippen molar-refractivity contribution < 1.29 is 4.74 Å². The summed E-state index contributed by atoms with van der Waals surface area (Å²) in [5.74, 6) is 2.06. The molecule has 0 radical (unpaired) electrons. The average Bonchev–Trinajstić information content (AvgIpc) is 3.46. The molecule has 132 valence electrons. The van der Waals surface area contributed by atoms with Crippen molar-refractivity contribution in [2.75, 3.05) is 46.4 Å². The van der Waals surface area contributed by atoms with E-state index in [0.29, 0.717) is 6.10 Å². The van der Waals surface area contributed by atoms with Crippen molar-refractivity contribution in [3.8, 4) is 0 Å². The number of piperidine rings is 1. The summed E-state index contributed by atoms with van der Waals surface area (Å²) in [6.07, 6.45) is 8.40. The minimum Gasteiger partial charge on any atom is -0.378 e. The lowest BCUT2D eigenvalue weighted by Crippen LogP contribution is -2.48. The van der Waals surface area contributed by atoms with Crippen LogP contribution in [0.5, 0.6) is 0 Å². The van der Waals surface area contributed by atoms with Gasteiger partial charge < -0.3 is 15.0 Å². The van der Waals surface area contributed by atoms with Gasteiger partial charge >= 0.3 is 0 Å². The van der Waals surface area contributed by atoms with Crippen molar-refractivity contribution in [3.63, 3.8) is 0 Å². The van der Waals surface area contributed by atoms with Crippen molar-refractivity contribution in [1.82, 2.24) is 15.1 Å². The average molecular weight is 322 g/mol. The molecule has 0 aromatic heterocycles. The number of aliphatic imine (C=N–C) groups is 1. The van der Waals surface area contributed by atoms with Gasteiger partial charge in [-0.3, -0.25) is 9.89 Å². The fourth-order valence-electron chi connectivity index (χ4n) is 3.61. The van der Waals surface area contributed by atoms with Crippen molar-refractivity contribution in [3.05, 3.63) is 0 Å². The molecule has 3 aliphatic rings. The summed E-state index contributed by atoms with van der Waals surface area (Å²) >= 11 is 0. The van der Waals surface area contributed by atoms with E-state index in [2.05, 4.69) is 27.0 Å². The Morgan fingerprint density at radius 3 is 2.48 bits per heavy atom. The highest BCUT2D eigenvalue weighted by atomic mass is 16.5. The van der Waals surface area contributed by atoms with E-state index in [0.717, 1.165) is 63.5 Å². The van der Waals surface area contributed by atoms with Gasteiger partial charge in [0.25, 0.3) is 0 Å². The van der Waals surface area contributed by atoms with E-state index in [1.165, 1.54) is 32.2 Å². The van der Waals surface area contributed by atoms with E-state index in [9.17, 15) is 0 Å². The Hall–Kier alpha value is -0.810. The number of ether oxygens (including phenoxy) is 1. The Bertz CT molecular complexity index is 384. The predicted molar refractivity (Wildman–Crippen MR) is 94.9 cm³/mol. The number of guanidine groups is 1. The third-order valence-corrected chi connectivity index (χ3v) is 5.29. The SMILES string of the molecule is CCOC1CCN(C(=NC)NCCN(CC2CC2)C2CC2)CC1. The van der Waals surface area contributed by atoms with E-state index in [1.807, 2.05) is 7.05 Å². The third-order valence-electron chi connectivity index (χ3n) is 5.29. The quantitative estimate of drug-likeness (QED) is 0.548. The van der Waals surface area contributed by atoms with E-state index >= 15 is 0 Å². The second-order valence-corrected chi connectivity index (χ2v) is 7.29. The fraction of sp³-hybridized carbons (Fsp3) is 0.944. The van der Waals surface area contributed by atoms with Gasteiger partial charge in [-0.05, 0) is 51.4 Å². The van der Waals surface area contributed by atoms with Gasteiger partial charge in [-0.25, -0.2) is 0 Å². The first kappa shape index (κ1) is 17.0. The monoisotopic (exact) mass is 322 g/mol. The molecule has 3 fully saturated rings. The largest absolute Gasteiger partial charge is 0.378 e. The number of rotatable bonds is 8. The molecule has 0 spiro atoms. The summed E-state index contributed by atoms with van der Waals surface area (Å²) in [4.78, 5) is 9.58. The molecule has 5 nitrogen and oxygen atoms in total. The van der Waals surface area contributed by atoms with E-state index < -0.39 is 0 Å². The van der Waals surface area contributed by atoms with Crippen LogP contribution < -0.4 is 5.32 Å². The lowest BCUT2D eigenvalue weighted by Gasteiger charge is -2.34. The van der Waals surface area contributed by atoms with Crippen LogP contribution in [0.15, 0.2) is 4.99 Å². The first-order valence-corrected chi connectivity index (χ1v) is 9.61. The Kier molecular flexibility index (Phi) is 6.17. The molecule has 1 aliphatic heterocycles. The maximum absolute atomic E-state index is 5.74. The van der Waals surface area contributed by atoms with Crippen LogP contribution in [0, 0.1) is 5.92 Å². The Morgan fingerprint density at radius 1 is 1.17 bits per heavy atom. The first-order valence-electron chi connectivity index (χ1n) is 9.61. The number of nitrogens with zero attached hydrogens (tertiary/aromatic N) is 3. The molecule has 2 saturated carbocycles. The highest BCUT2D eigenvalue weighted by Crippen LogP contribution is 2.34. The molecule has 0 atom stereocenters. The highest BCUT2D eigenvalue weighted by Gasteiger charge is 2.33. The Morgan fingerprint density at radius 2 is 1.91 bits per heavy atom. The molecule has 1 heterocycles. The molecule has 0 unspecified atom stereocenters. The zero-order valence-corrected chi connectivity index (χ0v) is 15.0. The van der Waals surface area contributed by atoms with Gasteiger partial charge in [-0.1, -0.05) is 0 Å². The molecular weight excluding hydrogens is 288 g/mol. The molecule has 0 bridgehead atoms. The van der Waals surface area contributed by atoms with Gasteiger partial charge in [0, 0.05) is 52.4 Å². The summed E-state index contributed by atoms with van der Waals surface area (Å²) < 4.78 is 5.74. The zero-order chi connectivity index (χ0) is 16.1. The Balaban J connectivity index is 1.37. The molecular formula is C18H34N4O. The second kappa shape index (κ2) is 8.34. The minimum atomic E-state index is 0.443. The minimum absolute atomic E-state index is 0.443. The third kappa shape index (κ3) is 5.35. The van der Waals surface area contributed by atoms with Crippen molar-refractivity contribution in [2.24, 2.45) is 10.9 Å². The van der Waals surface area contributed by atoms with E-state index in [4.69, 9.17) is 4.74 Å². The maximum atomic E-state index is 5.74. The number of hydrogen-bond donors (Lipinski definition) is 1. The van der Waals surface area contributed by atoms with Crippen LogP contribution in [0.2, 0.25) is 0 Å². The van der Waals surface area contributed by atoms with Gasteiger partial charge in [0.05, 0.1) is 6.10 Å². The lowest BCUT2D eigenvalue weighted by molar-refractivity contribution is 0.0263. The summed E-state index contributed by atoms with van der Waals surface area (Å²) in [6, 6.07) is 0.876. The van der Waals surface area contributed by atoms with Gasteiger partial charge in [-0.2, -0.15) is 0 Å². The Labute approximate surface area is 141 Å². The molecule has 5 heteroatoms. The smallest absolute Gasteiger partial charge is 0.193 e. The van der Waals surface area contributed by atoms with Gasteiger partial charge in [-0.15, -0.1) is 0 Å². The summed E-state index contributed by atoms with van der Waals surface area (Å²) in [6.45, 7) is 8.52. The van der Waals surface area contributed by atoms with Crippen LogP contribution in [0.25, 0.3) is 0 Å². The summed E-state index contributed by atoms with van der Waals surface area (Å²) in [7, 11) is 1.90. The molecule has 0 aromatic rings. The topological polar surface area (TPSA) is 40.1 Å². The van der Waals surface area contributed by atoms with Gasteiger partial charge in [0.1, 0.15) is 0 Å². The van der Waals surface area contributed by atoms with Crippen molar-refractivity contribution in [2.45, 2.75) is 57.6 Å². The number of likely N-dealkylation sites (tertiary alicyclic amines) is 1. The second-order valence-electron chi connectivity index (χ2n) is 7.29. The molecule has 2 aliphatic carbocycles. The lowest BCUT2D eigenvalue weighted by atomic mass is 10.1. The molecule has 1 N–H and O–H groups in total. The molecule has 23 heavy (non-hydrogen) atoms. The molecule has 0 aromatic carbocycles. The maximum Gasteiger partial charge on any atom is 0.193 e. The number of nitrogens with one attached hydrogen (secondary N) is 1. The van der Waals surface area contributed by atoms with Crippen LogP contribution in [0.3, 0.4) is 0 Å². The van der Waals surface area contributed by atoms with E-state index in [-0.39, 0.29) is 0 Å². The fourth-order valence-corrected chi connectivity index (χ4v) is 3.61. The van der Waals surface area contributed by atoms with Gasteiger partial charge in [0.2, 0.25) is 0 Å². The summed E-state index contributed by atoms with van der Waals surface area (Å²) in [5.41, 5.74) is 0. The van der Waals surface area contributed by atoms with Crippen molar-refractivity contribution >= 4 is 5.96 Å². The first-order chi connectivity index (χ1) is 11.3.